The highest BCUT2D eigenvalue weighted by molar-refractivity contribution is 14.1. The topological polar surface area (TPSA) is 156 Å². The fraction of sp³-hybridized carbons (Fsp3) is 0.263. The van der Waals surface area contributed by atoms with Crippen LogP contribution < -0.4 is 21.9 Å². The van der Waals surface area contributed by atoms with E-state index >= 15 is 0 Å². The number of benzene rings is 1. The maximum absolute atomic E-state index is 12.3. The van der Waals surface area contributed by atoms with Crippen molar-refractivity contribution in [1.29, 1.82) is 0 Å². The number of carbonyl (C=O) groups is 2. The normalized spacial score (nSPS) is 11.8. The highest BCUT2D eigenvalue weighted by atomic mass is 127. The molecular formula is C19H20IN7O3. The second-order valence-corrected chi connectivity index (χ2v) is 7.89. The lowest BCUT2D eigenvalue weighted by Crippen LogP contribution is -2.32. The summed E-state index contributed by atoms with van der Waals surface area (Å²) in [6.45, 7) is 2.20. The van der Waals surface area contributed by atoms with E-state index in [0.29, 0.717) is 30.6 Å². The standard InChI is InChI=1S/C19H20IN7O3/c1-10(2-7-14(20)28)24-17(29)11-3-5-12(6-4-11)22-8-13-9-23-16-15(25-13)18(30)27-19(21)26-16/h3-6,9-10,22H,2,7-8H2,1H3,(H,24,29)(H3,21,23,26,27,30)/t10-/m1/s1. The average molecular weight is 521 g/mol. The predicted molar refractivity (Wildman–Crippen MR) is 121 cm³/mol. The lowest BCUT2D eigenvalue weighted by atomic mass is 10.1. The van der Waals surface area contributed by atoms with Gasteiger partial charge in [0.2, 0.25) is 5.95 Å². The van der Waals surface area contributed by atoms with Crippen molar-refractivity contribution in [2.75, 3.05) is 11.1 Å². The van der Waals surface area contributed by atoms with Crippen molar-refractivity contribution in [1.82, 2.24) is 25.3 Å². The Hall–Kier alpha value is -3.09. The second kappa shape index (κ2) is 9.61. The Kier molecular flexibility index (Phi) is 6.92. The third kappa shape index (κ3) is 5.72. The highest BCUT2D eigenvalue weighted by Gasteiger charge is 2.11. The van der Waals surface area contributed by atoms with Gasteiger partial charge in [0.1, 0.15) is 0 Å². The van der Waals surface area contributed by atoms with Crippen LogP contribution in [0.15, 0.2) is 35.3 Å². The number of halogens is 1. The largest absolute Gasteiger partial charge is 0.379 e. The number of hydrogen-bond acceptors (Lipinski definition) is 8. The SMILES string of the molecule is C[C@H](CCC(=O)I)NC(=O)c1ccc(NCc2cnc3nc(N)[nH]c(=O)c3n2)cc1. The molecule has 30 heavy (non-hydrogen) atoms. The second-order valence-electron chi connectivity index (χ2n) is 6.68. The van der Waals surface area contributed by atoms with E-state index in [4.69, 9.17) is 5.73 Å². The quantitative estimate of drug-likeness (QED) is 0.258. The summed E-state index contributed by atoms with van der Waals surface area (Å²) in [5, 5.41) is 6.04. The summed E-state index contributed by atoms with van der Waals surface area (Å²) in [5.41, 5.74) is 7.21. The van der Waals surface area contributed by atoms with Crippen LogP contribution >= 0.6 is 22.6 Å². The van der Waals surface area contributed by atoms with Gasteiger partial charge in [0.05, 0.1) is 18.4 Å². The molecule has 0 aliphatic rings. The maximum Gasteiger partial charge on any atom is 0.280 e. The first kappa shape index (κ1) is 21.6. The van der Waals surface area contributed by atoms with E-state index in [9.17, 15) is 14.4 Å². The first-order chi connectivity index (χ1) is 14.3. The number of H-pyrrole nitrogens is 1. The molecule has 2 heterocycles. The Labute approximate surface area is 185 Å². The lowest BCUT2D eigenvalue weighted by molar-refractivity contribution is -0.109. The zero-order valence-electron chi connectivity index (χ0n) is 16.1. The Morgan fingerprint density at radius 1 is 1.23 bits per heavy atom. The third-order valence-electron chi connectivity index (χ3n) is 4.26. The molecule has 2 aromatic heterocycles. The van der Waals surface area contributed by atoms with Crippen molar-refractivity contribution in [3.8, 4) is 0 Å². The van der Waals surface area contributed by atoms with Crippen LogP contribution in [0, 0.1) is 0 Å². The van der Waals surface area contributed by atoms with Gasteiger partial charge in [-0.2, -0.15) is 4.98 Å². The summed E-state index contributed by atoms with van der Waals surface area (Å²) >= 11 is 1.75. The Bertz CT molecular complexity index is 1130. The highest BCUT2D eigenvalue weighted by Crippen LogP contribution is 2.12. The molecule has 0 spiro atoms. The zero-order valence-corrected chi connectivity index (χ0v) is 18.3. The molecule has 0 radical (unpaired) electrons. The lowest BCUT2D eigenvalue weighted by Gasteiger charge is -2.13. The molecule has 156 valence electrons. The summed E-state index contributed by atoms with van der Waals surface area (Å²) in [6, 6.07) is 6.87. The molecule has 3 rings (SSSR count). The van der Waals surface area contributed by atoms with Gasteiger partial charge in [-0.3, -0.25) is 19.4 Å². The van der Waals surface area contributed by atoms with Gasteiger partial charge < -0.3 is 16.4 Å². The number of anilines is 2. The van der Waals surface area contributed by atoms with Crippen LogP contribution in [0.2, 0.25) is 0 Å². The summed E-state index contributed by atoms with van der Waals surface area (Å²) in [4.78, 5) is 50.0. The molecule has 1 amide bonds. The Morgan fingerprint density at radius 2 is 1.97 bits per heavy atom. The van der Waals surface area contributed by atoms with E-state index in [1.165, 1.54) is 6.20 Å². The van der Waals surface area contributed by atoms with Gasteiger partial charge in [-0.15, -0.1) is 0 Å². The molecule has 0 saturated carbocycles. The molecule has 11 heteroatoms. The fourth-order valence-corrected chi connectivity index (χ4v) is 3.01. The molecule has 0 bridgehead atoms. The predicted octanol–water partition coefficient (Wildman–Crippen LogP) is 1.77. The van der Waals surface area contributed by atoms with E-state index in [2.05, 4.69) is 30.6 Å². The van der Waals surface area contributed by atoms with Gasteiger partial charge in [0.25, 0.3) is 11.5 Å². The maximum atomic E-state index is 12.3. The van der Waals surface area contributed by atoms with Gasteiger partial charge >= 0.3 is 0 Å². The first-order valence-corrected chi connectivity index (χ1v) is 10.2. The summed E-state index contributed by atoms with van der Waals surface area (Å²) in [5.74, 6) is -0.203. The van der Waals surface area contributed by atoms with Crippen molar-refractivity contribution >= 4 is 55.1 Å². The van der Waals surface area contributed by atoms with E-state index < -0.39 is 5.56 Å². The van der Waals surface area contributed by atoms with Crippen LogP contribution in [-0.2, 0) is 11.3 Å². The van der Waals surface area contributed by atoms with E-state index in [0.717, 1.165) is 5.69 Å². The molecule has 5 N–H and O–H groups in total. The molecule has 10 nitrogen and oxygen atoms in total. The molecule has 0 aliphatic heterocycles. The minimum absolute atomic E-state index is 0.00955. The average Bonchev–Trinajstić information content (AvgIpc) is 2.71. The van der Waals surface area contributed by atoms with Gasteiger partial charge in [0.15, 0.2) is 15.0 Å². The Balaban J connectivity index is 1.59. The van der Waals surface area contributed by atoms with E-state index in [1.807, 2.05) is 6.92 Å². The molecule has 1 aromatic carbocycles. The van der Waals surface area contributed by atoms with Gasteiger partial charge in [-0.1, -0.05) is 0 Å². The van der Waals surface area contributed by atoms with E-state index in [-0.39, 0.29) is 32.9 Å². The van der Waals surface area contributed by atoms with Crippen molar-refractivity contribution < 1.29 is 9.59 Å². The molecule has 3 aromatic rings. The number of aromatic amines is 1. The fourth-order valence-electron chi connectivity index (χ4n) is 2.70. The number of nitrogens with two attached hydrogens (primary N) is 1. The molecule has 0 aliphatic carbocycles. The first-order valence-electron chi connectivity index (χ1n) is 9.16. The molecule has 0 saturated heterocycles. The number of amides is 1. The smallest absolute Gasteiger partial charge is 0.280 e. The molecule has 0 unspecified atom stereocenters. The van der Waals surface area contributed by atoms with Crippen molar-refractivity contribution in [3.05, 3.63) is 52.1 Å². The number of nitrogens with one attached hydrogen (secondary N) is 3. The van der Waals surface area contributed by atoms with Crippen LogP contribution in [0.3, 0.4) is 0 Å². The number of fused-ring (bicyclic) bond motifs is 1. The Morgan fingerprint density at radius 3 is 2.67 bits per heavy atom. The number of rotatable bonds is 8. The minimum Gasteiger partial charge on any atom is -0.379 e. The molecular weight excluding hydrogens is 501 g/mol. The van der Waals surface area contributed by atoms with Crippen LogP contribution in [0.25, 0.3) is 11.2 Å². The van der Waals surface area contributed by atoms with Gasteiger partial charge in [-0.05, 0) is 60.2 Å². The monoisotopic (exact) mass is 521 g/mol. The number of aromatic nitrogens is 4. The van der Waals surface area contributed by atoms with Crippen LogP contribution in [0.1, 0.15) is 35.8 Å². The minimum atomic E-state index is -0.445. The summed E-state index contributed by atoms with van der Waals surface area (Å²) < 4.78 is 0.0743. The number of nitrogen functional groups attached to an aromatic ring is 1. The number of carbonyl (C=O) groups excluding carboxylic acids is 2. The number of hydrogen-bond donors (Lipinski definition) is 4. The summed E-state index contributed by atoms with van der Waals surface area (Å²) in [7, 11) is 0. The van der Waals surface area contributed by atoms with Crippen molar-refractivity contribution in [2.45, 2.75) is 32.4 Å². The van der Waals surface area contributed by atoms with Gasteiger partial charge in [-0.25, -0.2) is 9.97 Å². The van der Waals surface area contributed by atoms with E-state index in [1.54, 1.807) is 46.9 Å². The summed E-state index contributed by atoms with van der Waals surface area (Å²) in [6.07, 6.45) is 2.55. The van der Waals surface area contributed by atoms with Crippen LogP contribution in [-0.4, -0.2) is 35.7 Å². The van der Waals surface area contributed by atoms with Crippen LogP contribution in [0.5, 0.6) is 0 Å². The molecule has 1 atom stereocenters. The van der Waals surface area contributed by atoms with Gasteiger partial charge in [0, 0.05) is 23.7 Å². The third-order valence-corrected chi connectivity index (χ3v) is 4.80. The van der Waals surface area contributed by atoms with Crippen molar-refractivity contribution in [2.24, 2.45) is 0 Å². The van der Waals surface area contributed by atoms with Crippen molar-refractivity contribution in [3.63, 3.8) is 0 Å². The number of nitrogens with zero attached hydrogens (tertiary/aromatic N) is 3. The van der Waals surface area contributed by atoms with Crippen LogP contribution in [0.4, 0.5) is 11.6 Å². The molecule has 0 fully saturated rings. The zero-order chi connectivity index (χ0) is 21.7.